The first-order valence-corrected chi connectivity index (χ1v) is 7.89. The quantitative estimate of drug-likeness (QED) is 0.855. The molecule has 2 aromatic rings. The number of carbonyl (C=O) groups is 1. The van der Waals surface area contributed by atoms with Crippen molar-refractivity contribution in [2.45, 2.75) is 33.2 Å². The van der Waals surface area contributed by atoms with Crippen LogP contribution in [0.25, 0.3) is 11.0 Å². The van der Waals surface area contributed by atoms with E-state index in [1.807, 2.05) is 24.0 Å². The van der Waals surface area contributed by atoms with Crippen molar-refractivity contribution in [1.82, 2.24) is 14.5 Å². The zero-order chi connectivity index (χ0) is 15.7. The van der Waals surface area contributed by atoms with Gasteiger partial charge in [-0.3, -0.25) is 14.2 Å². The molecule has 3 rings (SSSR count). The van der Waals surface area contributed by atoms with Crippen molar-refractivity contribution in [1.29, 1.82) is 0 Å². The van der Waals surface area contributed by atoms with Crippen LogP contribution in [-0.4, -0.2) is 33.4 Å². The number of aromatic nitrogens is 2. The molecule has 2 aromatic heterocycles. The van der Waals surface area contributed by atoms with Crippen LogP contribution in [0, 0.1) is 5.92 Å². The Kier molecular flexibility index (Phi) is 3.96. The van der Waals surface area contributed by atoms with Crippen LogP contribution in [0.2, 0.25) is 0 Å². The molecule has 1 aliphatic heterocycles. The molecule has 0 saturated carbocycles. The summed E-state index contributed by atoms with van der Waals surface area (Å²) in [7, 11) is 0. The van der Waals surface area contributed by atoms with Gasteiger partial charge < -0.3 is 4.90 Å². The van der Waals surface area contributed by atoms with Crippen molar-refractivity contribution in [2.75, 3.05) is 13.1 Å². The van der Waals surface area contributed by atoms with E-state index in [0.717, 1.165) is 31.3 Å². The van der Waals surface area contributed by atoms with Crippen LogP contribution in [0.1, 0.15) is 37.0 Å². The van der Waals surface area contributed by atoms with Gasteiger partial charge in [-0.2, -0.15) is 0 Å². The minimum Gasteiger partial charge on any atom is -0.338 e. The average molecular weight is 299 g/mol. The maximum absolute atomic E-state index is 12.8. The summed E-state index contributed by atoms with van der Waals surface area (Å²) in [5.41, 5.74) is 0.659. The van der Waals surface area contributed by atoms with Gasteiger partial charge in [-0.25, -0.2) is 4.98 Å². The summed E-state index contributed by atoms with van der Waals surface area (Å²) in [4.78, 5) is 31.5. The van der Waals surface area contributed by atoms with Crippen LogP contribution in [0.5, 0.6) is 0 Å². The Hall–Kier alpha value is -2.17. The zero-order valence-electron chi connectivity index (χ0n) is 13.1. The van der Waals surface area contributed by atoms with E-state index in [1.54, 1.807) is 16.8 Å². The third-order valence-corrected chi connectivity index (χ3v) is 4.34. The molecule has 0 unspecified atom stereocenters. The fourth-order valence-corrected chi connectivity index (χ4v) is 3.20. The van der Waals surface area contributed by atoms with Crippen molar-refractivity contribution in [3.05, 3.63) is 40.3 Å². The zero-order valence-corrected chi connectivity index (χ0v) is 13.1. The standard InChI is InChI=1S/C17H21N3O2/c1-3-20-15-13(7-4-8-18-15)10-14(17(20)22)16(21)19-9-5-6-12(2)11-19/h4,7-8,10,12H,3,5-6,9,11H2,1-2H3/t12-/m0/s1. The maximum atomic E-state index is 12.8. The van der Waals surface area contributed by atoms with Gasteiger partial charge in [0.1, 0.15) is 11.2 Å². The minimum absolute atomic E-state index is 0.149. The number of piperidine rings is 1. The highest BCUT2D eigenvalue weighted by Crippen LogP contribution is 2.18. The van der Waals surface area contributed by atoms with E-state index in [2.05, 4.69) is 11.9 Å². The number of hydrogen-bond donors (Lipinski definition) is 0. The minimum atomic E-state index is -0.239. The van der Waals surface area contributed by atoms with Crippen molar-refractivity contribution < 1.29 is 4.79 Å². The summed E-state index contributed by atoms with van der Waals surface area (Å²) in [6.07, 6.45) is 3.82. The van der Waals surface area contributed by atoms with Gasteiger partial charge in [0, 0.05) is 31.2 Å². The largest absolute Gasteiger partial charge is 0.338 e. The summed E-state index contributed by atoms with van der Waals surface area (Å²) < 4.78 is 1.58. The molecule has 0 bridgehead atoms. The van der Waals surface area contributed by atoms with E-state index < -0.39 is 0 Å². The van der Waals surface area contributed by atoms with Crippen LogP contribution in [0.4, 0.5) is 0 Å². The molecule has 1 amide bonds. The molecule has 0 radical (unpaired) electrons. The number of fused-ring (bicyclic) bond motifs is 1. The van der Waals surface area contributed by atoms with Crippen molar-refractivity contribution in [2.24, 2.45) is 5.92 Å². The maximum Gasteiger partial charge on any atom is 0.265 e. The summed E-state index contributed by atoms with van der Waals surface area (Å²) in [5, 5.41) is 0.831. The summed E-state index contributed by atoms with van der Waals surface area (Å²) in [6, 6.07) is 5.41. The Morgan fingerprint density at radius 3 is 3.00 bits per heavy atom. The predicted molar refractivity (Wildman–Crippen MR) is 86.0 cm³/mol. The highest BCUT2D eigenvalue weighted by Gasteiger charge is 2.25. The molecule has 1 saturated heterocycles. The molecule has 0 N–H and O–H groups in total. The lowest BCUT2D eigenvalue weighted by Crippen LogP contribution is -2.42. The first kappa shape index (κ1) is 14.8. The number of likely N-dealkylation sites (tertiary alicyclic amines) is 1. The number of aryl methyl sites for hydroxylation is 1. The van der Waals surface area contributed by atoms with E-state index >= 15 is 0 Å². The SMILES string of the molecule is CCn1c(=O)c(C(=O)N2CCC[C@H](C)C2)cc2cccnc21. The van der Waals surface area contributed by atoms with Gasteiger partial charge >= 0.3 is 0 Å². The van der Waals surface area contributed by atoms with Crippen LogP contribution in [-0.2, 0) is 6.54 Å². The number of pyridine rings is 2. The number of hydrogen-bond acceptors (Lipinski definition) is 3. The Bertz CT molecular complexity index is 766. The van der Waals surface area contributed by atoms with E-state index in [0.29, 0.717) is 18.1 Å². The average Bonchev–Trinajstić information content (AvgIpc) is 2.53. The molecular formula is C17H21N3O2. The second-order valence-corrected chi connectivity index (χ2v) is 6.02. The van der Waals surface area contributed by atoms with E-state index in [-0.39, 0.29) is 17.0 Å². The van der Waals surface area contributed by atoms with Crippen molar-refractivity contribution >= 4 is 16.9 Å². The topological polar surface area (TPSA) is 55.2 Å². The molecule has 1 fully saturated rings. The molecule has 0 aromatic carbocycles. The fraction of sp³-hybridized carbons (Fsp3) is 0.471. The molecule has 5 nitrogen and oxygen atoms in total. The lowest BCUT2D eigenvalue weighted by Gasteiger charge is -2.31. The van der Waals surface area contributed by atoms with Crippen LogP contribution < -0.4 is 5.56 Å². The highest BCUT2D eigenvalue weighted by molar-refractivity contribution is 5.97. The summed E-state index contributed by atoms with van der Waals surface area (Å²) in [5.74, 6) is 0.345. The van der Waals surface area contributed by atoms with Crippen molar-refractivity contribution in [3.63, 3.8) is 0 Å². The third-order valence-electron chi connectivity index (χ3n) is 4.34. The Morgan fingerprint density at radius 2 is 2.27 bits per heavy atom. The molecule has 5 heteroatoms. The lowest BCUT2D eigenvalue weighted by atomic mass is 9.99. The molecular weight excluding hydrogens is 278 g/mol. The normalized spacial score (nSPS) is 18.6. The van der Waals surface area contributed by atoms with Gasteiger partial charge in [0.15, 0.2) is 0 Å². The molecule has 3 heterocycles. The summed E-state index contributed by atoms with van der Waals surface area (Å²) >= 11 is 0. The molecule has 22 heavy (non-hydrogen) atoms. The van der Waals surface area contributed by atoms with Gasteiger partial charge in [0.05, 0.1) is 0 Å². The molecule has 0 aliphatic carbocycles. The van der Waals surface area contributed by atoms with E-state index in [9.17, 15) is 9.59 Å². The number of carbonyl (C=O) groups excluding carboxylic acids is 1. The van der Waals surface area contributed by atoms with Gasteiger partial charge in [0.25, 0.3) is 11.5 Å². The Labute approximate surface area is 129 Å². The molecule has 0 spiro atoms. The first-order chi connectivity index (χ1) is 10.6. The highest BCUT2D eigenvalue weighted by atomic mass is 16.2. The predicted octanol–water partition coefficient (Wildman–Crippen LogP) is 2.29. The lowest BCUT2D eigenvalue weighted by molar-refractivity contribution is 0.0681. The molecule has 1 atom stereocenters. The Morgan fingerprint density at radius 1 is 1.45 bits per heavy atom. The van der Waals surface area contributed by atoms with Gasteiger partial charge in [-0.05, 0) is 43.9 Å². The molecule has 1 aliphatic rings. The smallest absolute Gasteiger partial charge is 0.265 e. The number of rotatable bonds is 2. The van der Waals surface area contributed by atoms with Crippen LogP contribution in [0.3, 0.4) is 0 Å². The first-order valence-electron chi connectivity index (χ1n) is 7.89. The second-order valence-electron chi connectivity index (χ2n) is 6.02. The monoisotopic (exact) mass is 299 g/mol. The van der Waals surface area contributed by atoms with Crippen LogP contribution >= 0.6 is 0 Å². The van der Waals surface area contributed by atoms with Crippen LogP contribution in [0.15, 0.2) is 29.2 Å². The third kappa shape index (κ3) is 2.51. The number of nitrogens with zero attached hydrogens (tertiary/aromatic N) is 3. The van der Waals surface area contributed by atoms with Gasteiger partial charge in [-0.15, -0.1) is 0 Å². The second kappa shape index (κ2) is 5.91. The van der Waals surface area contributed by atoms with Gasteiger partial charge in [0.2, 0.25) is 0 Å². The van der Waals surface area contributed by atoms with Gasteiger partial charge in [-0.1, -0.05) is 6.92 Å². The Balaban J connectivity index is 2.08. The summed E-state index contributed by atoms with van der Waals surface area (Å²) in [6.45, 7) is 6.01. The number of amides is 1. The molecule has 116 valence electrons. The van der Waals surface area contributed by atoms with Crippen molar-refractivity contribution in [3.8, 4) is 0 Å². The fourth-order valence-electron chi connectivity index (χ4n) is 3.20. The van der Waals surface area contributed by atoms with E-state index in [4.69, 9.17) is 0 Å². The van der Waals surface area contributed by atoms with E-state index in [1.165, 1.54) is 0 Å².